The van der Waals surface area contributed by atoms with Gasteiger partial charge in [-0.1, -0.05) is 24.3 Å². The van der Waals surface area contributed by atoms with Crippen LogP contribution in [0.4, 0.5) is 10.1 Å². The molecule has 2 aromatic rings. The number of halogens is 1. The van der Waals surface area contributed by atoms with Crippen molar-refractivity contribution in [3.8, 4) is 0 Å². The minimum absolute atomic E-state index is 0.00836. The van der Waals surface area contributed by atoms with Gasteiger partial charge in [0, 0.05) is 12.2 Å². The average Bonchev–Trinajstić information content (AvgIpc) is 2.51. The van der Waals surface area contributed by atoms with Gasteiger partial charge in [-0.25, -0.2) is 4.39 Å². The van der Waals surface area contributed by atoms with E-state index < -0.39 is 0 Å². The summed E-state index contributed by atoms with van der Waals surface area (Å²) in [5.41, 5.74) is 8.19. The molecule has 2 aromatic carbocycles. The number of nitrogen functional groups attached to an aromatic ring is 1. The summed E-state index contributed by atoms with van der Waals surface area (Å²) in [5.74, 6) is -0.317. The molecule has 2 rings (SSSR count). The first-order chi connectivity index (χ1) is 11.0. The summed E-state index contributed by atoms with van der Waals surface area (Å²) in [6.45, 7) is 0.465. The number of carbonyl (C=O) groups is 1. The molecule has 5 heteroatoms. The van der Waals surface area contributed by atoms with Crippen LogP contribution in [-0.4, -0.2) is 31.4 Å². The maximum absolute atomic E-state index is 13.0. The molecule has 0 aliphatic heterocycles. The normalized spacial score (nSPS) is 12.2. The fraction of sp³-hybridized carbons (Fsp3) is 0.278. The van der Waals surface area contributed by atoms with E-state index in [1.807, 2.05) is 31.1 Å². The molecule has 3 N–H and O–H groups in total. The fourth-order valence-corrected chi connectivity index (χ4v) is 2.38. The molecule has 122 valence electrons. The first-order valence-electron chi connectivity index (χ1n) is 7.48. The number of nitrogens with two attached hydrogens (primary N) is 1. The molecule has 0 saturated carbocycles. The average molecular weight is 315 g/mol. The number of nitrogens with one attached hydrogen (secondary N) is 1. The second-order valence-electron chi connectivity index (χ2n) is 5.75. The van der Waals surface area contributed by atoms with Crippen LogP contribution in [0.25, 0.3) is 0 Å². The Balaban J connectivity index is 1.94. The van der Waals surface area contributed by atoms with Gasteiger partial charge >= 0.3 is 0 Å². The first-order valence-corrected chi connectivity index (χ1v) is 7.48. The fourth-order valence-electron chi connectivity index (χ4n) is 2.38. The first kappa shape index (κ1) is 17.0. The molecule has 1 amide bonds. The highest BCUT2D eigenvalue weighted by Gasteiger charge is 2.15. The van der Waals surface area contributed by atoms with Crippen LogP contribution in [0, 0.1) is 5.82 Å². The third-order valence-corrected chi connectivity index (χ3v) is 3.72. The van der Waals surface area contributed by atoms with Crippen LogP contribution < -0.4 is 11.1 Å². The van der Waals surface area contributed by atoms with Gasteiger partial charge in [-0.05, 0) is 49.5 Å². The van der Waals surface area contributed by atoms with Gasteiger partial charge in [0.2, 0.25) is 5.91 Å². The zero-order valence-corrected chi connectivity index (χ0v) is 13.4. The predicted octanol–water partition coefficient (Wildman–Crippen LogP) is 2.37. The third kappa shape index (κ3) is 5.07. The lowest BCUT2D eigenvalue weighted by Gasteiger charge is -2.25. The lowest BCUT2D eigenvalue weighted by atomic mass is 10.1. The number of anilines is 1. The molecule has 23 heavy (non-hydrogen) atoms. The standard InChI is InChI=1S/C18H22FN3O/c1-22(2)17(14-5-7-15(19)8-6-14)12-21-18(23)11-13-3-9-16(20)10-4-13/h3-10,17H,11-12,20H2,1-2H3,(H,21,23). The Morgan fingerprint density at radius 3 is 2.30 bits per heavy atom. The number of rotatable bonds is 6. The Kier molecular flexibility index (Phi) is 5.71. The molecule has 0 bridgehead atoms. The van der Waals surface area contributed by atoms with E-state index >= 15 is 0 Å². The summed E-state index contributed by atoms with van der Waals surface area (Å²) in [4.78, 5) is 14.1. The van der Waals surface area contributed by atoms with Gasteiger partial charge in [0.05, 0.1) is 12.5 Å². The monoisotopic (exact) mass is 315 g/mol. The van der Waals surface area contributed by atoms with E-state index in [9.17, 15) is 9.18 Å². The number of likely N-dealkylation sites (N-methyl/N-ethyl adjacent to an activating group) is 1. The van der Waals surface area contributed by atoms with Crippen molar-refractivity contribution in [2.24, 2.45) is 0 Å². The highest BCUT2D eigenvalue weighted by Crippen LogP contribution is 2.17. The van der Waals surface area contributed by atoms with Crippen molar-refractivity contribution < 1.29 is 9.18 Å². The molecular formula is C18H22FN3O. The number of hydrogen-bond acceptors (Lipinski definition) is 3. The Morgan fingerprint density at radius 1 is 1.13 bits per heavy atom. The number of nitrogens with zero attached hydrogens (tertiary/aromatic N) is 1. The molecule has 0 aliphatic carbocycles. The number of hydrogen-bond donors (Lipinski definition) is 2. The van der Waals surface area contributed by atoms with E-state index in [1.54, 1.807) is 24.3 Å². The molecule has 0 radical (unpaired) electrons. The van der Waals surface area contributed by atoms with Crippen LogP contribution >= 0.6 is 0 Å². The van der Waals surface area contributed by atoms with Gasteiger partial charge in [0.15, 0.2) is 0 Å². The molecule has 0 saturated heterocycles. The minimum atomic E-state index is -0.265. The second-order valence-corrected chi connectivity index (χ2v) is 5.75. The van der Waals surface area contributed by atoms with Crippen molar-refractivity contribution in [2.75, 3.05) is 26.4 Å². The molecular weight excluding hydrogens is 293 g/mol. The summed E-state index contributed by atoms with van der Waals surface area (Å²) in [5, 5.41) is 2.93. The minimum Gasteiger partial charge on any atom is -0.399 e. The van der Waals surface area contributed by atoms with E-state index in [4.69, 9.17) is 5.73 Å². The molecule has 1 atom stereocenters. The van der Waals surface area contributed by atoms with Crippen molar-refractivity contribution in [1.29, 1.82) is 0 Å². The predicted molar refractivity (Wildman–Crippen MR) is 90.4 cm³/mol. The third-order valence-electron chi connectivity index (χ3n) is 3.72. The highest BCUT2D eigenvalue weighted by molar-refractivity contribution is 5.78. The smallest absolute Gasteiger partial charge is 0.224 e. The largest absolute Gasteiger partial charge is 0.399 e. The van der Waals surface area contributed by atoms with Gasteiger partial charge in [0.25, 0.3) is 0 Å². The Morgan fingerprint density at radius 2 is 1.74 bits per heavy atom. The lowest BCUT2D eigenvalue weighted by molar-refractivity contribution is -0.120. The Labute approximate surface area is 136 Å². The molecule has 4 nitrogen and oxygen atoms in total. The molecule has 0 fully saturated rings. The Hall–Kier alpha value is -2.40. The number of carbonyl (C=O) groups excluding carboxylic acids is 1. The van der Waals surface area contributed by atoms with Crippen molar-refractivity contribution in [3.05, 3.63) is 65.5 Å². The topological polar surface area (TPSA) is 58.4 Å². The zero-order valence-electron chi connectivity index (χ0n) is 13.4. The van der Waals surface area contributed by atoms with Crippen molar-refractivity contribution in [2.45, 2.75) is 12.5 Å². The SMILES string of the molecule is CN(C)C(CNC(=O)Cc1ccc(N)cc1)c1ccc(F)cc1. The maximum atomic E-state index is 13.0. The van der Waals surface area contributed by atoms with E-state index in [2.05, 4.69) is 5.32 Å². The molecule has 1 unspecified atom stereocenters. The van der Waals surface area contributed by atoms with E-state index in [0.717, 1.165) is 11.1 Å². The summed E-state index contributed by atoms with van der Waals surface area (Å²) in [7, 11) is 3.86. The van der Waals surface area contributed by atoms with Gasteiger partial charge in [0.1, 0.15) is 5.82 Å². The number of amides is 1. The molecule has 0 spiro atoms. The van der Waals surface area contributed by atoms with Crippen LogP contribution in [0.5, 0.6) is 0 Å². The molecule has 0 aliphatic rings. The summed E-state index contributed by atoms with van der Waals surface area (Å²) in [6.07, 6.45) is 0.309. The lowest BCUT2D eigenvalue weighted by Crippen LogP contribution is -2.35. The van der Waals surface area contributed by atoms with E-state index in [0.29, 0.717) is 18.7 Å². The van der Waals surface area contributed by atoms with Gasteiger partial charge in [-0.15, -0.1) is 0 Å². The maximum Gasteiger partial charge on any atom is 0.224 e. The van der Waals surface area contributed by atoms with Crippen LogP contribution in [-0.2, 0) is 11.2 Å². The van der Waals surface area contributed by atoms with Gasteiger partial charge in [-0.3, -0.25) is 4.79 Å². The number of benzene rings is 2. The highest BCUT2D eigenvalue weighted by atomic mass is 19.1. The van der Waals surface area contributed by atoms with Crippen LogP contribution in [0.2, 0.25) is 0 Å². The van der Waals surface area contributed by atoms with Crippen molar-refractivity contribution in [1.82, 2.24) is 10.2 Å². The zero-order chi connectivity index (χ0) is 16.8. The Bertz CT molecular complexity index is 638. The van der Waals surface area contributed by atoms with Crippen LogP contribution in [0.15, 0.2) is 48.5 Å². The molecule has 0 heterocycles. The van der Waals surface area contributed by atoms with E-state index in [-0.39, 0.29) is 17.8 Å². The van der Waals surface area contributed by atoms with Gasteiger partial charge in [-0.2, -0.15) is 0 Å². The summed E-state index contributed by atoms with van der Waals surface area (Å²) >= 11 is 0. The van der Waals surface area contributed by atoms with Gasteiger partial charge < -0.3 is 16.0 Å². The van der Waals surface area contributed by atoms with Crippen LogP contribution in [0.1, 0.15) is 17.2 Å². The summed E-state index contributed by atoms with van der Waals surface area (Å²) in [6, 6.07) is 13.6. The van der Waals surface area contributed by atoms with Crippen molar-refractivity contribution in [3.63, 3.8) is 0 Å². The quantitative estimate of drug-likeness (QED) is 0.805. The molecule has 0 aromatic heterocycles. The summed E-state index contributed by atoms with van der Waals surface area (Å²) < 4.78 is 13.0. The second kappa shape index (κ2) is 7.74. The van der Waals surface area contributed by atoms with Crippen LogP contribution in [0.3, 0.4) is 0 Å². The van der Waals surface area contributed by atoms with E-state index in [1.165, 1.54) is 12.1 Å². The van der Waals surface area contributed by atoms with Crippen molar-refractivity contribution >= 4 is 11.6 Å².